The van der Waals surface area contributed by atoms with Gasteiger partial charge in [0.15, 0.2) is 0 Å². The van der Waals surface area contributed by atoms with Gasteiger partial charge in [0.2, 0.25) is 10.0 Å². The van der Waals surface area contributed by atoms with Crippen LogP contribution in [0.5, 0.6) is 0 Å². The zero-order valence-corrected chi connectivity index (χ0v) is 11.7. The number of nitriles is 1. The lowest BCUT2D eigenvalue weighted by molar-refractivity contribution is 0.580. The first-order valence-electron chi connectivity index (χ1n) is 5.93. The van der Waals surface area contributed by atoms with Crippen molar-refractivity contribution in [3.63, 3.8) is 0 Å². The van der Waals surface area contributed by atoms with Crippen LogP contribution in [-0.4, -0.2) is 13.4 Å². The van der Waals surface area contributed by atoms with Crippen LogP contribution in [-0.2, 0) is 16.6 Å². The zero-order valence-electron chi connectivity index (χ0n) is 10.9. The van der Waals surface area contributed by atoms with E-state index < -0.39 is 10.0 Å². The van der Waals surface area contributed by atoms with Crippen LogP contribution in [0.15, 0.2) is 47.4 Å². The fourth-order valence-electron chi connectivity index (χ4n) is 1.66. The van der Waals surface area contributed by atoms with Crippen LogP contribution in [0.4, 0.5) is 0 Å². The standard InChI is InChI=1S/C14H13N3O2S/c1-11-3-2-4-13(17-11)10-16-20(18,19)14-7-5-12(9-15)6-8-14/h2-8,16H,10H2,1H3. The van der Waals surface area contributed by atoms with Crippen LogP contribution < -0.4 is 4.72 Å². The Balaban J connectivity index is 2.13. The summed E-state index contributed by atoms with van der Waals surface area (Å²) < 4.78 is 26.6. The van der Waals surface area contributed by atoms with E-state index in [1.54, 1.807) is 6.07 Å². The third-order valence-corrected chi connectivity index (χ3v) is 4.10. The van der Waals surface area contributed by atoms with Gasteiger partial charge in [0.05, 0.1) is 28.8 Å². The maximum atomic E-state index is 12.1. The Morgan fingerprint density at radius 2 is 1.90 bits per heavy atom. The van der Waals surface area contributed by atoms with E-state index in [9.17, 15) is 8.42 Å². The highest BCUT2D eigenvalue weighted by Crippen LogP contribution is 2.10. The molecule has 0 atom stereocenters. The van der Waals surface area contributed by atoms with E-state index in [0.717, 1.165) is 5.69 Å². The van der Waals surface area contributed by atoms with Crippen LogP contribution >= 0.6 is 0 Å². The molecule has 5 nitrogen and oxygen atoms in total. The molecule has 0 amide bonds. The molecule has 0 bridgehead atoms. The Bertz CT molecular complexity index is 747. The van der Waals surface area contributed by atoms with Gasteiger partial charge in [0, 0.05) is 5.69 Å². The predicted molar refractivity (Wildman–Crippen MR) is 74.2 cm³/mol. The third kappa shape index (κ3) is 3.41. The van der Waals surface area contributed by atoms with Gasteiger partial charge in [-0.05, 0) is 43.3 Å². The van der Waals surface area contributed by atoms with Gasteiger partial charge in [-0.1, -0.05) is 6.07 Å². The summed E-state index contributed by atoms with van der Waals surface area (Å²) in [4.78, 5) is 4.36. The summed E-state index contributed by atoms with van der Waals surface area (Å²) in [5.74, 6) is 0. The van der Waals surface area contributed by atoms with Gasteiger partial charge in [-0.2, -0.15) is 5.26 Å². The molecular weight excluding hydrogens is 274 g/mol. The number of nitrogens with zero attached hydrogens (tertiary/aromatic N) is 2. The molecule has 1 heterocycles. The summed E-state index contributed by atoms with van der Waals surface area (Å²) in [5.41, 5.74) is 1.91. The fraction of sp³-hybridized carbons (Fsp3) is 0.143. The van der Waals surface area contributed by atoms with Crippen LogP contribution in [0, 0.1) is 18.3 Å². The molecule has 0 saturated carbocycles. The van der Waals surface area contributed by atoms with Crippen LogP contribution in [0.3, 0.4) is 0 Å². The Morgan fingerprint density at radius 1 is 1.20 bits per heavy atom. The lowest BCUT2D eigenvalue weighted by Gasteiger charge is -2.07. The van der Waals surface area contributed by atoms with Gasteiger partial charge in [0.1, 0.15) is 0 Å². The molecule has 6 heteroatoms. The van der Waals surface area contributed by atoms with Crippen LogP contribution in [0.25, 0.3) is 0 Å². The first-order chi connectivity index (χ1) is 9.51. The van der Waals surface area contributed by atoms with Gasteiger partial charge in [-0.15, -0.1) is 0 Å². The molecule has 1 aromatic heterocycles. The lowest BCUT2D eigenvalue weighted by atomic mass is 10.2. The van der Waals surface area contributed by atoms with Crippen molar-refractivity contribution in [2.45, 2.75) is 18.4 Å². The predicted octanol–water partition coefficient (Wildman–Crippen LogP) is 1.74. The van der Waals surface area contributed by atoms with Gasteiger partial charge >= 0.3 is 0 Å². The van der Waals surface area contributed by atoms with E-state index in [2.05, 4.69) is 9.71 Å². The van der Waals surface area contributed by atoms with E-state index in [1.165, 1.54) is 24.3 Å². The average Bonchev–Trinajstić information content (AvgIpc) is 2.45. The van der Waals surface area contributed by atoms with E-state index in [4.69, 9.17) is 5.26 Å². The van der Waals surface area contributed by atoms with Crippen molar-refractivity contribution < 1.29 is 8.42 Å². The molecule has 102 valence electrons. The van der Waals surface area contributed by atoms with Crippen molar-refractivity contribution in [2.75, 3.05) is 0 Å². The van der Waals surface area contributed by atoms with Crippen molar-refractivity contribution in [1.29, 1.82) is 5.26 Å². The molecule has 0 aliphatic carbocycles. The topological polar surface area (TPSA) is 82.9 Å². The second-order valence-electron chi connectivity index (χ2n) is 4.23. The Morgan fingerprint density at radius 3 is 2.50 bits per heavy atom. The quantitative estimate of drug-likeness (QED) is 0.928. The highest BCUT2D eigenvalue weighted by molar-refractivity contribution is 7.89. The van der Waals surface area contributed by atoms with Crippen molar-refractivity contribution in [2.24, 2.45) is 0 Å². The molecule has 1 N–H and O–H groups in total. The molecule has 1 aromatic carbocycles. The summed E-state index contributed by atoms with van der Waals surface area (Å²) in [5, 5.41) is 8.69. The highest BCUT2D eigenvalue weighted by atomic mass is 32.2. The highest BCUT2D eigenvalue weighted by Gasteiger charge is 2.13. The Labute approximate surface area is 118 Å². The monoisotopic (exact) mass is 287 g/mol. The number of aromatic nitrogens is 1. The zero-order chi connectivity index (χ0) is 14.6. The van der Waals surface area contributed by atoms with Crippen molar-refractivity contribution in [3.8, 4) is 6.07 Å². The maximum absolute atomic E-state index is 12.1. The molecule has 0 saturated heterocycles. The SMILES string of the molecule is Cc1cccc(CNS(=O)(=O)c2ccc(C#N)cc2)n1. The van der Waals surface area contributed by atoms with Gasteiger partial charge in [0.25, 0.3) is 0 Å². The Kier molecular flexibility index (Phi) is 4.13. The van der Waals surface area contributed by atoms with E-state index in [0.29, 0.717) is 11.3 Å². The second kappa shape index (κ2) is 5.82. The smallest absolute Gasteiger partial charge is 0.240 e. The third-order valence-electron chi connectivity index (χ3n) is 2.68. The summed E-state index contributed by atoms with van der Waals surface area (Å²) in [7, 11) is -3.60. The summed E-state index contributed by atoms with van der Waals surface area (Å²) >= 11 is 0. The Hall–Kier alpha value is -2.23. The summed E-state index contributed by atoms with van der Waals surface area (Å²) in [6, 6.07) is 13.1. The van der Waals surface area contributed by atoms with Crippen molar-refractivity contribution in [3.05, 3.63) is 59.4 Å². The molecule has 2 rings (SSSR count). The molecule has 0 aliphatic heterocycles. The molecule has 0 radical (unpaired) electrons. The van der Waals surface area contributed by atoms with E-state index >= 15 is 0 Å². The van der Waals surface area contributed by atoms with Crippen molar-refractivity contribution >= 4 is 10.0 Å². The van der Waals surface area contributed by atoms with Crippen molar-refractivity contribution in [1.82, 2.24) is 9.71 Å². The fourth-order valence-corrected chi connectivity index (χ4v) is 2.66. The number of hydrogen-bond acceptors (Lipinski definition) is 4. The number of nitrogens with one attached hydrogen (secondary N) is 1. The first-order valence-corrected chi connectivity index (χ1v) is 7.42. The summed E-state index contributed by atoms with van der Waals surface area (Å²) in [6.45, 7) is 1.97. The molecule has 0 spiro atoms. The molecule has 0 fully saturated rings. The molecule has 0 aliphatic rings. The number of aryl methyl sites for hydroxylation is 1. The largest absolute Gasteiger partial charge is 0.257 e. The van der Waals surface area contributed by atoms with Crippen LogP contribution in [0.2, 0.25) is 0 Å². The lowest BCUT2D eigenvalue weighted by Crippen LogP contribution is -2.23. The number of sulfonamides is 1. The average molecular weight is 287 g/mol. The molecular formula is C14H13N3O2S. The second-order valence-corrected chi connectivity index (χ2v) is 6.00. The molecule has 2 aromatic rings. The number of rotatable bonds is 4. The first kappa shape index (κ1) is 14.2. The maximum Gasteiger partial charge on any atom is 0.240 e. The van der Waals surface area contributed by atoms with Gasteiger partial charge < -0.3 is 0 Å². The molecule has 0 unspecified atom stereocenters. The summed E-state index contributed by atoms with van der Waals surface area (Å²) in [6.07, 6.45) is 0. The van der Waals surface area contributed by atoms with E-state index in [1.807, 2.05) is 25.1 Å². The number of hydrogen-bond donors (Lipinski definition) is 1. The minimum atomic E-state index is -3.60. The van der Waals surface area contributed by atoms with E-state index in [-0.39, 0.29) is 11.4 Å². The van der Waals surface area contributed by atoms with Crippen LogP contribution in [0.1, 0.15) is 17.0 Å². The minimum absolute atomic E-state index is 0.129. The molecule has 20 heavy (non-hydrogen) atoms. The number of benzene rings is 1. The normalized spacial score (nSPS) is 11.0. The van der Waals surface area contributed by atoms with Gasteiger partial charge in [-0.25, -0.2) is 13.1 Å². The number of pyridine rings is 1. The van der Waals surface area contributed by atoms with Gasteiger partial charge in [-0.3, -0.25) is 4.98 Å². The minimum Gasteiger partial charge on any atom is -0.257 e.